The van der Waals surface area contributed by atoms with E-state index in [0.717, 1.165) is 0 Å². The minimum atomic E-state index is -4.63. The molecule has 12 heavy (non-hydrogen) atoms. The molecule has 2 N–H and O–H groups in total. The van der Waals surface area contributed by atoms with Crippen molar-refractivity contribution in [1.29, 1.82) is 0 Å². The summed E-state index contributed by atoms with van der Waals surface area (Å²) in [6.45, 7) is -0.0977. The SMILES string of the molecule is O=C1C[C@@H]([C@H](O)C(F)(F)F)CN1. The highest BCUT2D eigenvalue weighted by Crippen LogP contribution is 2.28. The number of alkyl halides is 3. The van der Waals surface area contributed by atoms with Crippen LogP contribution in [0.1, 0.15) is 6.42 Å². The summed E-state index contributed by atoms with van der Waals surface area (Å²) >= 11 is 0. The first kappa shape index (κ1) is 9.31. The zero-order valence-electron chi connectivity index (χ0n) is 6.06. The number of hydrogen-bond acceptors (Lipinski definition) is 2. The minimum absolute atomic E-state index is 0.0977. The van der Waals surface area contributed by atoms with Gasteiger partial charge in [0, 0.05) is 18.9 Å². The van der Waals surface area contributed by atoms with Gasteiger partial charge >= 0.3 is 6.18 Å². The summed E-state index contributed by atoms with van der Waals surface area (Å²) in [5, 5.41) is 10.9. The Kier molecular flexibility index (Phi) is 2.27. The Bertz CT molecular complexity index is 192. The average Bonchev–Trinajstić information content (AvgIpc) is 2.32. The van der Waals surface area contributed by atoms with Crippen molar-refractivity contribution in [2.45, 2.75) is 18.7 Å². The first-order chi connectivity index (χ1) is 5.41. The molecular formula is C6H8F3NO2. The molecule has 0 aromatic carbocycles. The Morgan fingerprint density at radius 3 is 2.50 bits per heavy atom. The van der Waals surface area contributed by atoms with Crippen LogP contribution in [0, 0.1) is 5.92 Å². The molecule has 0 unspecified atom stereocenters. The monoisotopic (exact) mass is 183 g/mol. The third kappa shape index (κ3) is 1.88. The Hall–Kier alpha value is -0.780. The van der Waals surface area contributed by atoms with Crippen LogP contribution in [0.3, 0.4) is 0 Å². The van der Waals surface area contributed by atoms with Gasteiger partial charge in [0.1, 0.15) is 0 Å². The molecule has 0 radical (unpaired) electrons. The zero-order chi connectivity index (χ0) is 9.35. The van der Waals surface area contributed by atoms with Crippen LogP contribution in [-0.2, 0) is 4.79 Å². The van der Waals surface area contributed by atoms with Crippen LogP contribution in [0.5, 0.6) is 0 Å². The molecule has 1 fully saturated rings. The van der Waals surface area contributed by atoms with Gasteiger partial charge in [-0.3, -0.25) is 4.79 Å². The Morgan fingerprint density at radius 2 is 2.17 bits per heavy atom. The highest BCUT2D eigenvalue weighted by molar-refractivity contribution is 5.78. The van der Waals surface area contributed by atoms with Crippen LogP contribution in [0.2, 0.25) is 0 Å². The van der Waals surface area contributed by atoms with E-state index in [1.807, 2.05) is 0 Å². The van der Waals surface area contributed by atoms with Gasteiger partial charge in [-0.25, -0.2) is 0 Å². The molecule has 0 bridgehead atoms. The fraction of sp³-hybridized carbons (Fsp3) is 0.833. The third-order valence-corrected chi connectivity index (χ3v) is 1.79. The van der Waals surface area contributed by atoms with E-state index in [-0.39, 0.29) is 13.0 Å². The lowest BCUT2D eigenvalue weighted by molar-refractivity contribution is -0.217. The molecule has 1 amide bonds. The van der Waals surface area contributed by atoms with Gasteiger partial charge in [0.25, 0.3) is 0 Å². The number of amides is 1. The van der Waals surface area contributed by atoms with Gasteiger partial charge in [-0.15, -0.1) is 0 Å². The van der Waals surface area contributed by atoms with Crippen molar-refractivity contribution in [3.63, 3.8) is 0 Å². The van der Waals surface area contributed by atoms with E-state index < -0.39 is 24.1 Å². The molecule has 0 aromatic heterocycles. The molecule has 6 heteroatoms. The van der Waals surface area contributed by atoms with Crippen molar-refractivity contribution in [3.8, 4) is 0 Å². The number of aliphatic hydroxyl groups is 1. The molecule has 1 heterocycles. The maximum absolute atomic E-state index is 11.8. The van der Waals surface area contributed by atoms with Crippen molar-refractivity contribution in [2.24, 2.45) is 5.92 Å². The zero-order valence-corrected chi connectivity index (χ0v) is 6.06. The number of rotatable bonds is 1. The number of halogens is 3. The second-order valence-corrected chi connectivity index (χ2v) is 2.75. The normalized spacial score (nSPS) is 27.0. The van der Waals surface area contributed by atoms with Gasteiger partial charge in [-0.1, -0.05) is 0 Å². The summed E-state index contributed by atoms with van der Waals surface area (Å²) in [5.74, 6) is -1.47. The predicted molar refractivity (Wildman–Crippen MR) is 33.2 cm³/mol. The van der Waals surface area contributed by atoms with Crippen molar-refractivity contribution in [1.82, 2.24) is 5.32 Å². The van der Waals surface area contributed by atoms with Crippen molar-refractivity contribution >= 4 is 5.91 Å². The number of carbonyl (C=O) groups excluding carboxylic acids is 1. The van der Waals surface area contributed by atoms with Gasteiger partial charge in [0.2, 0.25) is 5.91 Å². The number of carbonyl (C=O) groups is 1. The highest BCUT2D eigenvalue weighted by Gasteiger charge is 2.45. The molecule has 1 rings (SSSR count). The van der Waals surface area contributed by atoms with Crippen LogP contribution in [0.4, 0.5) is 13.2 Å². The topological polar surface area (TPSA) is 49.3 Å². The largest absolute Gasteiger partial charge is 0.414 e. The molecule has 0 aromatic rings. The van der Waals surface area contributed by atoms with E-state index in [1.54, 1.807) is 0 Å². The highest BCUT2D eigenvalue weighted by atomic mass is 19.4. The number of nitrogens with one attached hydrogen (secondary N) is 1. The van der Waals surface area contributed by atoms with Crippen LogP contribution < -0.4 is 5.32 Å². The Balaban J connectivity index is 2.54. The number of aliphatic hydroxyl groups excluding tert-OH is 1. The second-order valence-electron chi connectivity index (χ2n) is 2.75. The molecule has 70 valence electrons. The van der Waals surface area contributed by atoms with Crippen molar-refractivity contribution in [3.05, 3.63) is 0 Å². The standard InChI is InChI=1S/C6H8F3NO2/c7-6(8,9)5(12)3-1-4(11)10-2-3/h3,5,12H,1-2H2,(H,10,11)/t3-,5+/m1/s1. The predicted octanol–water partition coefficient (Wildman–Crippen LogP) is 0.0457. The fourth-order valence-corrected chi connectivity index (χ4v) is 1.12. The van der Waals surface area contributed by atoms with Gasteiger partial charge in [0.15, 0.2) is 6.10 Å². The molecule has 0 spiro atoms. The van der Waals surface area contributed by atoms with E-state index in [0.29, 0.717) is 0 Å². The van der Waals surface area contributed by atoms with Crippen LogP contribution in [-0.4, -0.2) is 29.8 Å². The van der Waals surface area contributed by atoms with E-state index in [4.69, 9.17) is 5.11 Å². The van der Waals surface area contributed by atoms with E-state index in [9.17, 15) is 18.0 Å². The Labute approximate surface area is 66.6 Å². The first-order valence-corrected chi connectivity index (χ1v) is 3.42. The Morgan fingerprint density at radius 1 is 1.58 bits per heavy atom. The van der Waals surface area contributed by atoms with Crippen LogP contribution in [0.15, 0.2) is 0 Å². The second kappa shape index (κ2) is 2.93. The number of hydrogen-bond donors (Lipinski definition) is 2. The maximum Gasteiger partial charge on any atom is 0.414 e. The summed E-state index contributed by atoms with van der Waals surface area (Å²) in [5.41, 5.74) is 0. The average molecular weight is 183 g/mol. The first-order valence-electron chi connectivity index (χ1n) is 3.42. The van der Waals surface area contributed by atoms with Crippen LogP contribution in [0.25, 0.3) is 0 Å². The van der Waals surface area contributed by atoms with Gasteiger partial charge < -0.3 is 10.4 Å². The fourth-order valence-electron chi connectivity index (χ4n) is 1.12. The van der Waals surface area contributed by atoms with Crippen LogP contribution >= 0.6 is 0 Å². The van der Waals surface area contributed by atoms with E-state index in [1.165, 1.54) is 0 Å². The van der Waals surface area contributed by atoms with Crippen molar-refractivity contribution < 1.29 is 23.1 Å². The summed E-state index contributed by atoms with van der Waals surface area (Å²) in [6, 6.07) is 0. The van der Waals surface area contributed by atoms with Gasteiger partial charge in [0.05, 0.1) is 0 Å². The minimum Gasteiger partial charge on any atom is -0.383 e. The lowest BCUT2D eigenvalue weighted by Gasteiger charge is -2.18. The molecular weight excluding hydrogens is 175 g/mol. The van der Waals surface area contributed by atoms with Gasteiger partial charge in [-0.2, -0.15) is 13.2 Å². The van der Waals surface area contributed by atoms with Crippen molar-refractivity contribution in [2.75, 3.05) is 6.54 Å². The molecule has 1 saturated heterocycles. The summed E-state index contributed by atoms with van der Waals surface area (Å²) in [7, 11) is 0. The molecule has 1 aliphatic rings. The van der Waals surface area contributed by atoms with E-state index in [2.05, 4.69) is 5.32 Å². The lowest BCUT2D eigenvalue weighted by Crippen LogP contribution is -2.36. The molecule has 2 atom stereocenters. The molecule has 0 saturated carbocycles. The summed E-state index contributed by atoms with van der Waals surface area (Å²) in [6.07, 6.45) is -7.27. The summed E-state index contributed by atoms with van der Waals surface area (Å²) in [4.78, 5) is 10.5. The quantitative estimate of drug-likeness (QED) is 0.603. The smallest absolute Gasteiger partial charge is 0.383 e. The lowest BCUT2D eigenvalue weighted by atomic mass is 10.0. The maximum atomic E-state index is 11.8. The van der Waals surface area contributed by atoms with E-state index >= 15 is 0 Å². The molecule has 0 aliphatic carbocycles. The summed E-state index contributed by atoms with van der Waals surface area (Å²) < 4.78 is 35.5. The van der Waals surface area contributed by atoms with Gasteiger partial charge in [-0.05, 0) is 0 Å². The molecule has 1 aliphatic heterocycles. The third-order valence-electron chi connectivity index (χ3n) is 1.79. The molecule has 3 nitrogen and oxygen atoms in total.